The van der Waals surface area contributed by atoms with Crippen molar-refractivity contribution in [3.05, 3.63) is 11.6 Å². The summed E-state index contributed by atoms with van der Waals surface area (Å²) in [4.78, 5) is 0. The smallest absolute Gasteiger partial charge is 0.0864 e. The van der Waals surface area contributed by atoms with Gasteiger partial charge in [0.2, 0.25) is 0 Å². The van der Waals surface area contributed by atoms with Gasteiger partial charge >= 0.3 is 0 Å². The molecule has 0 spiro atoms. The quantitative estimate of drug-likeness (QED) is 0.726. The SMILES string of the molecule is CC(OC(C)(C)CO)C1=CC(C)(C)CC1. The Hall–Kier alpha value is -0.340. The highest BCUT2D eigenvalue weighted by atomic mass is 16.5. The third-order valence-corrected chi connectivity index (χ3v) is 3.03. The average Bonchev–Trinajstić information content (AvgIpc) is 2.45. The Morgan fingerprint density at radius 2 is 2.13 bits per heavy atom. The first kappa shape index (κ1) is 12.7. The average molecular weight is 212 g/mol. The number of rotatable bonds is 4. The molecule has 2 nitrogen and oxygen atoms in total. The van der Waals surface area contributed by atoms with Gasteiger partial charge in [-0.25, -0.2) is 0 Å². The van der Waals surface area contributed by atoms with Crippen LogP contribution < -0.4 is 0 Å². The van der Waals surface area contributed by atoms with Crippen LogP contribution in [0.15, 0.2) is 11.6 Å². The molecule has 0 aliphatic heterocycles. The summed E-state index contributed by atoms with van der Waals surface area (Å²) in [6, 6.07) is 0. The molecule has 2 heteroatoms. The van der Waals surface area contributed by atoms with Crippen molar-refractivity contribution in [3.8, 4) is 0 Å². The second kappa shape index (κ2) is 4.26. The normalized spacial score (nSPS) is 22.7. The first-order valence-corrected chi connectivity index (χ1v) is 5.76. The zero-order valence-corrected chi connectivity index (χ0v) is 10.6. The van der Waals surface area contributed by atoms with Crippen LogP contribution in [0.5, 0.6) is 0 Å². The van der Waals surface area contributed by atoms with E-state index in [1.165, 1.54) is 12.0 Å². The maximum Gasteiger partial charge on any atom is 0.0864 e. The molecule has 0 bridgehead atoms. The van der Waals surface area contributed by atoms with E-state index < -0.39 is 5.60 Å². The van der Waals surface area contributed by atoms with Gasteiger partial charge in [-0.05, 0) is 44.6 Å². The van der Waals surface area contributed by atoms with E-state index >= 15 is 0 Å². The minimum Gasteiger partial charge on any atom is -0.393 e. The van der Waals surface area contributed by atoms with Crippen molar-refractivity contribution in [1.29, 1.82) is 0 Å². The lowest BCUT2D eigenvalue weighted by Gasteiger charge is -2.28. The van der Waals surface area contributed by atoms with Crippen LogP contribution in [0.25, 0.3) is 0 Å². The van der Waals surface area contributed by atoms with Gasteiger partial charge in [0, 0.05) is 0 Å². The Labute approximate surface area is 93.3 Å². The first-order chi connectivity index (χ1) is 6.76. The molecule has 0 aromatic heterocycles. The monoisotopic (exact) mass is 212 g/mol. The molecule has 0 aromatic carbocycles. The minimum absolute atomic E-state index is 0.0635. The van der Waals surface area contributed by atoms with Gasteiger partial charge in [-0.1, -0.05) is 19.9 Å². The largest absolute Gasteiger partial charge is 0.393 e. The summed E-state index contributed by atoms with van der Waals surface area (Å²) in [5.74, 6) is 0. The lowest BCUT2D eigenvalue weighted by Crippen LogP contribution is -2.33. The molecule has 0 saturated carbocycles. The summed E-state index contributed by atoms with van der Waals surface area (Å²) < 4.78 is 5.85. The topological polar surface area (TPSA) is 29.5 Å². The Morgan fingerprint density at radius 1 is 1.53 bits per heavy atom. The zero-order valence-electron chi connectivity index (χ0n) is 10.6. The molecule has 0 amide bonds. The molecule has 1 N–H and O–H groups in total. The number of ether oxygens (including phenoxy) is 1. The highest BCUT2D eigenvalue weighted by molar-refractivity contribution is 5.18. The fourth-order valence-electron chi connectivity index (χ4n) is 2.02. The van der Waals surface area contributed by atoms with Gasteiger partial charge in [-0.15, -0.1) is 0 Å². The van der Waals surface area contributed by atoms with Crippen LogP contribution in [0.1, 0.15) is 47.5 Å². The predicted octanol–water partition coefficient (Wildman–Crippen LogP) is 2.91. The van der Waals surface area contributed by atoms with Crippen molar-refractivity contribution in [1.82, 2.24) is 0 Å². The van der Waals surface area contributed by atoms with Crippen LogP contribution in [0.4, 0.5) is 0 Å². The Balaban J connectivity index is 2.59. The van der Waals surface area contributed by atoms with Crippen LogP contribution in [0, 0.1) is 5.41 Å². The third kappa shape index (κ3) is 3.62. The Kier molecular flexibility index (Phi) is 3.62. The molecule has 1 unspecified atom stereocenters. The van der Waals surface area contributed by atoms with Crippen LogP contribution in [-0.4, -0.2) is 23.4 Å². The highest BCUT2D eigenvalue weighted by Gasteiger charge is 2.28. The van der Waals surface area contributed by atoms with Crippen LogP contribution in [0.3, 0.4) is 0 Å². The van der Waals surface area contributed by atoms with Crippen LogP contribution in [0.2, 0.25) is 0 Å². The number of allylic oxidation sites excluding steroid dienone is 1. The van der Waals surface area contributed by atoms with Crippen molar-refractivity contribution < 1.29 is 9.84 Å². The summed E-state index contributed by atoms with van der Waals surface area (Å²) in [7, 11) is 0. The molecule has 1 rings (SSSR count). The predicted molar refractivity (Wildman–Crippen MR) is 62.8 cm³/mol. The second-order valence-corrected chi connectivity index (χ2v) is 5.89. The maximum atomic E-state index is 9.14. The summed E-state index contributed by atoms with van der Waals surface area (Å²) in [5.41, 5.74) is 1.25. The molecular formula is C13H24O2. The first-order valence-electron chi connectivity index (χ1n) is 5.76. The number of aliphatic hydroxyl groups is 1. The van der Waals surface area contributed by atoms with Gasteiger partial charge in [0.05, 0.1) is 18.3 Å². The molecule has 15 heavy (non-hydrogen) atoms. The minimum atomic E-state index is -0.438. The number of aliphatic hydroxyl groups excluding tert-OH is 1. The molecule has 0 fully saturated rings. The summed E-state index contributed by atoms with van der Waals surface area (Å²) in [5, 5.41) is 9.14. The summed E-state index contributed by atoms with van der Waals surface area (Å²) in [6.07, 6.45) is 4.77. The fraction of sp³-hybridized carbons (Fsp3) is 0.846. The zero-order chi connectivity index (χ0) is 11.7. The lowest BCUT2D eigenvalue weighted by molar-refractivity contribution is -0.0787. The Bertz CT molecular complexity index is 251. The number of hydrogen-bond acceptors (Lipinski definition) is 2. The van der Waals surface area contributed by atoms with E-state index in [0.29, 0.717) is 5.41 Å². The molecule has 0 saturated heterocycles. The van der Waals surface area contributed by atoms with Crippen molar-refractivity contribution in [2.75, 3.05) is 6.61 Å². The van der Waals surface area contributed by atoms with Gasteiger partial charge in [0.1, 0.15) is 0 Å². The van der Waals surface area contributed by atoms with Crippen molar-refractivity contribution in [3.63, 3.8) is 0 Å². The Morgan fingerprint density at radius 3 is 2.53 bits per heavy atom. The lowest BCUT2D eigenvalue weighted by atomic mass is 9.94. The van der Waals surface area contributed by atoms with E-state index in [9.17, 15) is 0 Å². The maximum absolute atomic E-state index is 9.14. The van der Waals surface area contributed by atoms with Crippen molar-refractivity contribution in [2.24, 2.45) is 5.41 Å². The third-order valence-electron chi connectivity index (χ3n) is 3.03. The molecule has 0 heterocycles. The molecule has 88 valence electrons. The van der Waals surface area contributed by atoms with Gasteiger partial charge in [-0.3, -0.25) is 0 Å². The second-order valence-electron chi connectivity index (χ2n) is 5.89. The molecular weight excluding hydrogens is 188 g/mol. The fourth-order valence-corrected chi connectivity index (χ4v) is 2.02. The van der Waals surface area contributed by atoms with Crippen molar-refractivity contribution in [2.45, 2.75) is 59.2 Å². The van der Waals surface area contributed by atoms with E-state index in [1.54, 1.807) is 0 Å². The van der Waals surface area contributed by atoms with E-state index in [1.807, 2.05) is 13.8 Å². The van der Waals surface area contributed by atoms with Gasteiger partial charge < -0.3 is 9.84 Å². The summed E-state index contributed by atoms with van der Waals surface area (Å²) in [6.45, 7) is 10.5. The standard InChI is InChI=1S/C13H24O2/c1-10(15-13(4,5)9-14)11-6-7-12(2,3)8-11/h8,10,14H,6-7,9H2,1-5H3. The molecule has 0 aromatic rings. The van der Waals surface area contributed by atoms with E-state index in [-0.39, 0.29) is 12.7 Å². The molecule has 1 aliphatic carbocycles. The summed E-state index contributed by atoms with van der Waals surface area (Å²) >= 11 is 0. The molecule has 1 aliphatic rings. The molecule has 0 radical (unpaired) electrons. The van der Waals surface area contributed by atoms with E-state index in [2.05, 4.69) is 26.8 Å². The van der Waals surface area contributed by atoms with Gasteiger partial charge in [-0.2, -0.15) is 0 Å². The van der Waals surface area contributed by atoms with E-state index in [4.69, 9.17) is 9.84 Å². The van der Waals surface area contributed by atoms with Crippen LogP contribution >= 0.6 is 0 Å². The number of hydrogen-bond donors (Lipinski definition) is 1. The highest BCUT2D eigenvalue weighted by Crippen LogP contribution is 2.37. The van der Waals surface area contributed by atoms with Crippen molar-refractivity contribution >= 4 is 0 Å². The van der Waals surface area contributed by atoms with E-state index in [0.717, 1.165) is 6.42 Å². The van der Waals surface area contributed by atoms with Gasteiger partial charge in [0.15, 0.2) is 0 Å². The molecule has 1 atom stereocenters. The van der Waals surface area contributed by atoms with Crippen LogP contribution in [-0.2, 0) is 4.74 Å². The van der Waals surface area contributed by atoms with Gasteiger partial charge in [0.25, 0.3) is 0 Å².